The van der Waals surface area contributed by atoms with E-state index >= 15 is 0 Å². The van der Waals surface area contributed by atoms with E-state index < -0.39 is 0 Å². The minimum atomic E-state index is 0. The predicted molar refractivity (Wildman–Crippen MR) is 122 cm³/mol. The monoisotopic (exact) mass is 499 g/mol. The molecule has 1 aromatic carbocycles. The van der Waals surface area contributed by atoms with Crippen LogP contribution in [0.25, 0.3) is 0 Å². The highest BCUT2D eigenvalue weighted by Gasteiger charge is 2.21. The van der Waals surface area contributed by atoms with E-state index in [2.05, 4.69) is 39.8 Å². The van der Waals surface area contributed by atoms with Crippen molar-refractivity contribution in [3.63, 3.8) is 0 Å². The van der Waals surface area contributed by atoms with Crippen LogP contribution in [0.2, 0.25) is 0 Å². The number of ether oxygens (including phenoxy) is 2. The Morgan fingerprint density at radius 3 is 2.89 bits per heavy atom. The summed E-state index contributed by atoms with van der Waals surface area (Å²) in [5.74, 6) is 2.63. The van der Waals surface area contributed by atoms with Gasteiger partial charge in [0.05, 0.1) is 12.8 Å². The van der Waals surface area contributed by atoms with Crippen LogP contribution in [-0.2, 0) is 26.4 Å². The van der Waals surface area contributed by atoms with Crippen molar-refractivity contribution in [3.8, 4) is 11.5 Å². The van der Waals surface area contributed by atoms with Crippen LogP contribution in [0.1, 0.15) is 30.5 Å². The van der Waals surface area contributed by atoms with E-state index in [4.69, 9.17) is 9.47 Å². The van der Waals surface area contributed by atoms with Gasteiger partial charge in [-0.2, -0.15) is 5.10 Å². The maximum absolute atomic E-state index is 5.89. The molecule has 28 heavy (non-hydrogen) atoms. The molecule has 2 heterocycles. The molecule has 0 spiro atoms. The maximum Gasteiger partial charge on any atom is 0.191 e. The molecule has 0 radical (unpaired) electrons. The van der Waals surface area contributed by atoms with Gasteiger partial charge < -0.3 is 20.1 Å². The highest BCUT2D eigenvalue weighted by Crippen LogP contribution is 2.35. The lowest BCUT2D eigenvalue weighted by Crippen LogP contribution is -2.37. The molecule has 3 rings (SSSR count). The Kier molecular flexibility index (Phi) is 8.40. The lowest BCUT2D eigenvalue weighted by Gasteiger charge is -2.15. The maximum atomic E-state index is 5.89. The lowest BCUT2D eigenvalue weighted by molar-refractivity contribution is 0.254. The van der Waals surface area contributed by atoms with E-state index in [-0.39, 0.29) is 30.1 Å². The number of nitrogens with one attached hydrogen (secondary N) is 2. The van der Waals surface area contributed by atoms with Gasteiger partial charge in [-0.3, -0.25) is 9.67 Å². The Balaban J connectivity index is 0.00000280. The molecule has 0 amide bonds. The predicted octanol–water partition coefficient (Wildman–Crippen LogP) is 2.67. The lowest BCUT2D eigenvalue weighted by atomic mass is 10.1. The van der Waals surface area contributed by atoms with Crippen LogP contribution in [0.4, 0.5) is 0 Å². The van der Waals surface area contributed by atoms with Crippen molar-refractivity contribution in [3.05, 3.63) is 41.2 Å². The molecule has 0 saturated carbocycles. The minimum absolute atomic E-state index is 0. The first-order valence-corrected chi connectivity index (χ1v) is 9.46. The van der Waals surface area contributed by atoms with Crippen LogP contribution >= 0.6 is 24.0 Å². The van der Waals surface area contributed by atoms with Gasteiger partial charge in [0.25, 0.3) is 0 Å². The van der Waals surface area contributed by atoms with Crippen molar-refractivity contribution >= 4 is 29.9 Å². The van der Waals surface area contributed by atoms with Crippen molar-refractivity contribution in [1.29, 1.82) is 0 Å². The van der Waals surface area contributed by atoms with Crippen LogP contribution in [0.15, 0.2) is 29.5 Å². The zero-order valence-electron chi connectivity index (χ0n) is 17.0. The molecule has 0 bridgehead atoms. The molecule has 0 fully saturated rings. The van der Waals surface area contributed by atoms with E-state index in [0.717, 1.165) is 42.4 Å². The van der Waals surface area contributed by atoms with Gasteiger partial charge in [-0.15, -0.1) is 24.0 Å². The molecule has 0 saturated heterocycles. The molecule has 1 aromatic heterocycles. The number of aromatic nitrogens is 2. The molecular formula is C20H30IN5O2. The summed E-state index contributed by atoms with van der Waals surface area (Å²) in [6.07, 6.45) is 5.96. The van der Waals surface area contributed by atoms with Crippen LogP contribution < -0.4 is 20.1 Å². The molecule has 1 unspecified atom stereocenters. The summed E-state index contributed by atoms with van der Waals surface area (Å²) in [5.41, 5.74) is 3.48. The van der Waals surface area contributed by atoms with Crippen LogP contribution in [0.5, 0.6) is 11.5 Å². The molecule has 2 N–H and O–H groups in total. The number of aryl methyl sites for hydroxylation is 1. The second-order valence-electron chi connectivity index (χ2n) is 6.76. The number of hydrogen-bond acceptors (Lipinski definition) is 4. The minimum Gasteiger partial charge on any atom is -0.494 e. The van der Waals surface area contributed by atoms with Crippen molar-refractivity contribution in [2.45, 2.75) is 39.3 Å². The van der Waals surface area contributed by atoms with E-state index in [1.165, 1.54) is 11.1 Å². The number of guanidine groups is 1. The molecule has 1 aliphatic heterocycles. The number of nitrogens with zero attached hydrogens (tertiary/aromatic N) is 3. The summed E-state index contributed by atoms with van der Waals surface area (Å²) in [7, 11) is 3.70. The summed E-state index contributed by atoms with van der Waals surface area (Å²) in [4.78, 5) is 4.30. The van der Waals surface area contributed by atoms with Gasteiger partial charge in [-0.25, -0.2) is 0 Å². The highest BCUT2D eigenvalue weighted by molar-refractivity contribution is 14.0. The number of rotatable bonds is 7. The molecule has 7 nitrogen and oxygen atoms in total. The summed E-state index contributed by atoms with van der Waals surface area (Å²) in [6.45, 7) is 6.14. The van der Waals surface area contributed by atoms with Gasteiger partial charge in [-0.05, 0) is 38.0 Å². The van der Waals surface area contributed by atoms with Crippen LogP contribution in [0, 0.1) is 0 Å². The molecule has 1 atom stereocenters. The summed E-state index contributed by atoms with van der Waals surface area (Å²) in [6, 6.07) is 4.19. The van der Waals surface area contributed by atoms with Gasteiger partial charge in [0.2, 0.25) is 0 Å². The van der Waals surface area contributed by atoms with E-state index in [9.17, 15) is 0 Å². The van der Waals surface area contributed by atoms with Crippen molar-refractivity contribution in [1.82, 2.24) is 20.4 Å². The SMILES string of the molecule is CCOc1cc2c(cc1CNC(=NC)NCCc1cnn(C)c1)OC(C)C2.I. The van der Waals surface area contributed by atoms with E-state index in [1.807, 2.05) is 31.0 Å². The number of fused-ring (bicyclic) bond motifs is 1. The molecule has 2 aromatic rings. The third-order valence-corrected chi connectivity index (χ3v) is 4.51. The number of benzene rings is 1. The van der Waals surface area contributed by atoms with E-state index in [1.54, 1.807) is 7.05 Å². The normalized spacial score (nSPS) is 15.4. The third kappa shape index (κ3) is 5.76. The molecule has 154 valence electrons. The quantitative estimate of drug-likeness (QED) is 0.348. The standard InChI is InChI=1S/C20H29N5O2.HI/c1-5-26-18-9-16-8-14(2)27-19(16)10-17(18)12-23-20(21-3)22-7-6-15-11-24-25(4)13-15;/h9-11,13-14H,5-8,12H2,1-4H3,(H2,21,22,23);1H. The number of hydrogen-bond donors (Lipinski definition) is 2. The zero-order chi connectivity index (χ0) is 19.2. The summed E-state index contributed by atoms with van der Waals surface area (Å²) >= 11 is 0. The average Bonchev–Trinajstić information content (AvgIpc) is 3.22. The van der Waals surface area contributed by atoms with Gasteiger partial charge in [0, 0.05) is 50.9 Å². The molecular weight excluding hydrogens is 469 g/mol. The van der Waals surface area contributed by atoms with Crippen LogP contribution in [0.3, 0.4) is 0 Å². The Morgan fingerprint density at radius 1 is 1.39 bits per heavy atom. The summed E-state index contributed by atoms with van der Waals surface area (Å²) < 4.78 is 13.5. The Morgan fingerprint density at radius 2 is 2.21 bits per heavy atom. The first-order chi connectivity index (χ1) is 13.1. The average molecular weight is 499 g/mol. The first-order valence-electron chi connectivity index (χ1n) is 9.46. The smallest absolute Gasteiger partial charge is 0.191 e. The fourth-order valence-electron chi connectivity index (χ4n) is 3.24. The second kappa shape index (κ2) is 10.5. The Bertz CT molecular complexity index is 806. The fourth-order valence-corrected chi connectivity index (χ4v) is 3.24. The van der Waals surface area contributed by atoms with Crippen molar-refractivity contribution < 1.29 is 9.47 Å². The Labute approximate surface area is 183 Å². The highest BCUT2D eigenvalue weighted by atomic mass is 127. The fraction of sp³-hybridized carbons (Fsp3) is 0.500. The Hall–Kier alpha value is -1.97. The van der Waals surface area contributed by atoms with Gasteiger partial charge in [-0.1, -0.05) is 0 Å². The van der Waals surface area contributed by atoms with Gasteiger partial charge in [0.1, 0.15) is 17.6 Å². The third-order valence-electron chi connectivity index (χ3n) is 4.51. The first kappa shape index (κ1) is 22.3. The second-order valence-corrected chi connectivity index (χ2v) is 6.76. The summed E-state index contributed by atoms with van der Waals surface area (Å²) in [5, 5.41) is 10.9. The van der Waals surface area contributed by atoms with Gasteiger partial charge >= 0.3 is 0 Å². The van der Waals surface area contributed by atoms with E-state index in [0.29, 0.717) is 13.2 Å². The topological polar surface area (TPSA) is 72.7 Å². The number of halogens is 1. The molecule has 8 heteroatoms. The largest absolute Gasteiger partial charge is 0.494 e. The van der Waals surface area contributed by atoms with Crippen molar-refractivity contribution in [2.24, 2.45) is 12.0 Å². The number of aliphatic imine (C=N–C) groups is 1. The van der Waals surface area contributed by atoms with Crippen LogP contribution in [-0.4, -0.2) is 42.0 Å². The van der Waals surface area contributed by atoms with Crippen molar-refractivity contribution in [2.75, 3.05) is 20.2 Å². The molecule has 0 aliphatic carbocycles. The zero-order valence-corrected chi connectivity index (χ0v) is 19.3. The van der Waals surface area contributed by atoms with Gasteiger partial charge in [0.15, 0.2) is 5.96 Å². The molecule has 1 aliphatic rings.